The summed E-state index contributed by atoms with van der Waals surface area (Å²) in [5, 5.41) is 21.4. The highest BCUT2D eigenvalue weighted by molar-refractivity contribution is 6.10. The second kappa shape index (κ2) is 10.7. The third kappa shape index (κ3) is 4.93. The summed E-state index contributed by atoms with van der Waals surface area (Å²) in [5.74, 6) is 3.65. The highest BCUT2D eigenvalue weighted by Crippen LogP contribution is 2.38. The van der Waals surface area contributed by atoms with Crippen LogP contribution in [0.4, 0.5) is 0 Å². The topological polar surface area (TPSA) is 130 Å². The van der Waals surface area contributed by atoms with E-state index in [1.54, 1.807) is 6.07 Å². The smallest absolute Gasteiger partial charge is 0.165 e. The predicted molar refractivity (Wildman–Crippen MR) is 172 cm³/mol. The molecule has 0 aliphatic rings. The van der Waals surface area contributed by atoms with E-state index in [4.69, 9.17) is 9.97 Å². The van der Waals surface area contributed by atoms with Crippen molar-refractivity contribution in [2.75, 3.05) is 0 Å². The molecule has 0 bridgehead atoms. The maximum atomic E-state index is 9.61. The summed E-state index contributed by atoms with van der Waals surface area (Å²) < 4.78 is 2.21. The van der Waals surface area contributed by atoms with Crippen LogP contribution < -0.4 is 0 Å². The molecule has 0 spiro atoms. The number of nitrogens with zero attached hydrogens (tertiary/aromatic N) is 9. The zero-order valence-electron chi connectivity index (χ0n) is 25.0. The molecular weight excluding hydrogens is 558 g/mol. The molecule has 0 aliphatic carbocycles. The van der Waals surface area contributed by atoms with Gasteiger partial charge in [0.25, 0.3) is 0 Å². The fourth-order valence-electron chi connectivity index (χ4n) is 5.86. The molecule has 0 fully saturated rings. The van der Waals surface area contributed by atoms with Crippen molar-refractivity contribution in [1.29, 1.82) is 10.5 Å². The van der Waals surface area contributed by atoms with E-state index in [2.05, 4.69) is 67.0 Å². The van der Waals surface area contributed by atoms with E-state index in [9.17, 15) is 10.5 Å². The van der Waals surface area contributed by atoms with Gasteiger partial charge in [0.05, 0.1) is 40.0 Å². The number of benzene rings is 4. The molecule has 214 valence electrons. The summed E-state index contributed by atoms with van der Waals surface area (Å²) in [6, 6.07) is 30.2. The summed E-state index contributed by atoms with van der Waals surface area (Å²) in [6.07, 6.45) is 0. The lowest BCUT2D eigenvalue weighted by Crippen LogP contribution is -2.04. The predicted octanol–water partition coefficient (Wildman–Crippen LogP) is 7.13. The molecular formula is C36H25N9. The van der Waals surface area contributed by atoms with Gasteiger partial charge in [0, 0.05) is 21.9 Å². The Hall–Kier alpha value is -6.32. The van der Waals surface area contributed by atoms with Crippen LogP contribution in [0.15, 0.2) is 78.9 Å². The van der Waals surface area contributed by atoms with Gasteiger partial charge in [0.2, 0.25) is 0 Å². The maximum Gasteiger partial charge on any atom is 0.165 e. The molecule has 7 aromatic rings. The van der Waals surface area contributed by atoms with E-state index < -0.39 is 0 Å². The van der Waals surface area contributed by atoms with Crippen LogP contribution in [0.2, 0.25) is 0 Å². The highest BCUT2D eigenvalue weighted by Gasteiger charge is 2.20. The summed E-state index contributed by atoms with van der Waals surface area (Å²) in [7, 11) is 0. The molecule has 0 radical (unpaired) electrons. The van der Waals surface area contributed by atoms with Gasteiger partial charge in [0.1, 0.15) is 23.3 Å². The van der Waals surface area contributed by atoms with E-state index >= 15 is 0 Å². The van der Waals surface area contributed by atoms with Gasteiger partial charge in [-0.2, -0.15) is 10.5 Å². The van der Waals surface area contributed by atoms with Crippen LogP contribution in [-0.4, -0.2) is 34.5 Å². The Morgan fingerprint density at radius 3 is 1.73 bits per heavy atom. The monoisotopic (exact) mass is 583 g/mol. The fraction of sp³-hybridized carbons (Fsp3) is 0.111. The maximum absolute atomic E-state index is 9.61. The fourth-order valence-corrected chi connectivity index (χ4v) is 5.86. The van der Waals surface area contributed by atoms with Gasteiger partial charge in [-0.05, 0) is 87.4 Å². The average molecular weight is 584 g/mol. The van der Waals surface area contributed by atoms with Gasteiger partial charge in [-0.3, -0.25) is 0 Å². The Labute approximate surface area is 259 Å². The minimum absolute atomic E-state index is 0.437. The number of aryl methyl sites for hydroxylation is 4. The lowest BCUT2D eigenvalue weighted by atomic mass is 9.99. The Morgan fingerprint density at radius 2 is 1.09 bits per heavy atom. The van der Waals surface area contributed by atoms with Crippen LogP contribution in [0.1, 0.15) is 34.4 Å². The van der Waals surface area contributed by atoms with Crippen molar-refractivity contribution in [2.45, 2.75) is 27.7 Å². The van der Waals surface area contributed by atoms with Crippen LogP contribution in [-0.2, 0) is 0 Å². The van der Waals surface area contributed by atoms with E-state index in [1.807, 2.05) is 70.2 Å². The van der Waals surface area contributed by atoms with Gasteiger partial charge in [-0.25, -0.2) is 29.9 Å². The molecule has 0 aliphatic heterocycles. The first-order valence-electron chi connectivity index (χ1n) is 14.3. The van der Waals surface area contributed by atoms with Crippen molar-refractivity contribution in [1.82, 2.24) is 34.5 Å². The summed E-state index contributed by atoms with van der Waals surface area (Å²) >= 11 is 0. The molecule has 9 heteroatoms. The van der Waals surface area contributed by atoms with Gasteiger partial charge < -0.3 is 4.57 Å². The quantitative estimate of drug-likeness (QED) is 0.214. The number of rotatable bonds is 4. The minimum atomic E-state index is 0.437. The van der Waals surface area contributed by atoms with E-state index in [-0.39, 0.29) is 0 Å². The van der Waals surface area contributed by atoms with Crippen LogP contribution >= 0.6 is 0 Å². The number of hydrogen-bond donors (Lipinski definition) is 0. The minimum Gasteiger partial charge on any atom is -0.308 e. The molecule has 9 nitrogen and oxygen atoms in total. The van der Waals surface area contributed by atoms with Crippen molar-refractivity contribution >= 4 is 21.8 Å². The van der Waals surface area contributed by atoms with E-state index in [0.29, 0.717) is 46.1 Å². The lowest BCUT2D eigenvalue weighted by molar-refractivity contribution is 0.924. The molecule has 7 rings (SSSR count). The molecule has 0 amide bonds. The third-order valence-electron chi connectivity index (χ3n) is 7.65. The first kappa shape index (κ1) is 27.5. The molecule has 4 aromatic carbocycles. The first-order chi connectivity index (χ1) is 21.8. The molecule has 0 atom stereocenters. The van der Waals surface area contributed by atoms with Crippen molar-refractivity contribution in [3.63, 3.8) is 0 Å². The van der Waals surface area contributed by atoms with Gasteiger partial charge in [-0.15, -0.1) is 0 Å². The standard InChI is InChI=1S/C36H25N9/c1-20-39-21(2)42-35(41-20)27-10-12-33(31(16-27)36-43-22(3)40-23(4)44-36)45-32-8-6-5-7-29(32)30-11-9-26(17-34(30)45)28-14-24(18-37)13-25(15-28)19-38/h5-17H,1-4H3. The second-order valence-electron chi connectivity index (χ2n) is 10.8. The van der Waals surface area contributed by atoms with Crippen LogP contribution in [0, 0.1) is 50.4 Å². The molecule has 3 heterocycles. The van der Waals surface area contributed by atoms with Gasteiger partial charge in [-0.1, -0.05) is 30.3 Å². The highest BCUT2D eigenvalue weighted by atomic mass is 15.0. The Kier molecular flexibility index (Phi) is 6.57. The van der Waals surface area contributed by atoms with Crippen LogP contribution in [0.5, 0.6) is 0 Å². The number of para-hydroxylation sites is 1. The van der Waals surface area contributed by atoms with Gasteiger partial charge in [0.15, 0.2) is 11.6 Å². The lowest BCUT2D eigenvalue weighted by Gasteiger charge is -2.15. The molecule has 0 N–H and O–H groups in total. The molecule has 3 aromatic heterocycles. The third-order valence-corrected chi connectivity index (χ3v) is 7.65. The summed E-state index contributed by atoms with van der Waals surface area (Å²) in [5.41, 5.74) is 7.01. The van der Waals surface area contributed by atoms with Gasteiger partial charge >= 0.3 is 0 Å². The molecule has 0 unspecified atom stereocenters. The van der Waals surface area contributed by atoms with Crippen LogP contribution in [0.3, 0.4) is 0 Å². The number of nitriles is 2. The average Bonchev–Trinajstić information content (AvgIpc) is 3.36. The van der Waals surface area contributed by atoms with Crippen LogP contribution in [0.25, 0.3) is 61.4 Å². The SMILES string of the molecule is Cc1nc(C)nc(-c2ccc(-n3c4ccccc4c4ccc(-c5cc(C#N)cc(C#N)c5)cc43)c(-c3nc(C)nc(C)n3)c2)n1. The molecule has 0 saturated carbocycles. The number of hydrogen-bond acceptors (Lipinski definition) is 8. The Balaban J connectivity index is 1.55. The number of fused-ring (bicyclic) bond motifs is 3. The van der Waals surface area contributed by atoms with E-state index in [0.717, 1.165) is 49.7 Å². The Morgan fingerprint density at radius 1 is 0.511 bits per heavy atom. The largest absolute Gasteiger partial charge is 0.308 e. The van der Waals surface area contributed by atoms with E-state index in [1.165, 1.54) is 0 Å². The van der Waals surface area contributed by atoms with Crippen molar-refractivity contribution in [3.05, 3.63) is 113 Å². The van der Waals surface area contributed by atoms with Crippen molar-refractivity contribution in [3.8, 4) is 51.7 Å². The zero-order valence-corrected chi connectivity index (χ0v) is 25.0. The second-order valence-corrected chi connectivity index (χ2v) is 10.8. The number of aromatic nitrogens is 7. The summed E-state index contributed by atoms with van der Waals surface area (Å²) in [6.45, 7) is 7.43. The zero-order chi connectivity index (χ0) is 31.2. The first-order valence-corrected chi connectivity index (χ1v) is 14.3. The summed E-state index contributed by atoms with van der Waals surface area (Å²) in [4.78, 5) is 27.5. The molecule has 45 heavy (non-hydrogen) atoms. The van der Waals surface area contributed by atoms with Crippen molar-refractivity contribution in [2.24, 2.45) is 0 Å². The Bertz CT molecular complexity index is 2340. The van der Waals surface area contributed by atoms with Crippen molar-refractivity contribution < 1.29 is 0 Å². The molecule has 0 saturated heterocycles. The normalized spacial score (nSPS) is 11.1.